The molecule has 0 atom stereocenters. The van der Waals surface area contributed by atoms with E-state index in [0.717, 1.165) is 22.7 Å². The molecule has 0 aromatic heterocycles. The molecular formula is C46H40N2. The molecule has 0 bridgehead atoms. The van der Waals surface area contributed by atoms with Crippen molar-refractivity contribution in [3.05, 3.63) is 192 Å². The van der Waals surface area contributed by atoms with E-state index in [9.17, 15) is 0 Å². The molecule has 0 heterocycles. The molecule has 0 fully saturated rings. The number of anilines is 6. The van der Waals surface area contributed by atoms with Crippen LogP contribution >= 0.6 is 0 Å². The van der Waals surface area contributed by atoms with E-state index in [2.05, 4.69) is 207 Å². The normalized spacial score (nSPS) is 10.9. The lowest BCUT2D eigenvalue weighted by molar-refractivity contribution is 1.24. The molecule has 234 valence electrons. The molecule has 7 rings (SSSR count). The number of hydrogen-bond donors (Lipinski definition) is 0. The van der Waals surface area contributed by atoms with Crippen LogP contribution in [0, 0.1) is 27.7 Å². The lowest BCUT2D eigenvalue weighted by Crippen LogP contribution is -2.11. The standard InChI is InChI=1S/C46H40N2/c1-33-15-29-45(35(3)31-33)47(41-11-7-5-8-12-41)43-25-21-39(22-26-43)37-17-19-38(20-18-37)40-23-27-44(28-24-40)48(42-13-9-6-10-14-42)46-30-16-34(2)32-36(46)4/h5-32H,1-4H3. The second-order valence-electron chi connectivity index (χ2n) is 12.6. The van der Waals surface area contributed by atoms with Crippen molar-refractivity contribution in [2.24, 2.45) is 0 Å². The first kappa shape index (κ1) is 30.8. The summed E-state index contributed by atoms with van der Waals surface area (Å²) in [6.45, 7) is 8.66. The van der Waals surface area contributed by atoms with Crippen molar-refractivity contribution in [3.8, 4) is 22.3 Å². The van der Waals surface area contributed by atoms with Gasteiger partial charge in [-0.25, -0.2) is 0 Å². The monoisotopic (exact) mass is 620 g/mol. The van der Waals surface area contributed by atoms with Crippen LogP contribution in [-0.4, -0.2) is 0 Å². The van der Waals surface area contributed by atoms with Crippen molar-refractivity contribution >= 4 is 34.1 Å². The minimum Gasteiger partial charge on any atom is -0.310 e. The van der Waals surface area contributed by atoms with Crippen molar-refractivity contribution in [1.82, 2.24) is 0 Å². The summed E-state index contributed by atoms with van der Waals surface area (Å²) < 4.78 is 0. The second-order valence-corrected chi connectivity index (χ2v) is 12.6. The van der Waals surface area contributed by atoms with Crippen LogP contribution in [0.1, 0.15) is 22.3 Å². The van der Waals surface area contributed by atoms with Gasteiger partial charge >= 0.3 is 0 Å². The van der Waals surface area contributed by atoms with Crippen LogP contribution in [0.2, 0.25) is 0 Å². The highest BCUT2D eigenvalue weighted by Gasteiger charge is 2.16. The van der Waals surface area contributed by atoms with Gasteiger partial charge in [0.15, 0.2) is 0 Å². The Morgan fingerprint density at radius 2 is 0.583 bits per heavy atom. The SMILES string of the molecule is Cc1ccc(N(c2ccccc2)c2ccc(-c3ccc(-c4ccc(N(c5ccccc5)c5ccc(C)cc5C)cc4)cc3)cc2)c(C)c1. The summed E-state index contributed by atoms with van der Waals surface area (Å²) in [7, 11) is 0. The molecule has 2 nitrogen and oxygen atoms in total. The number of aryl methyl sites for hydroxylation is 4. The van der Waals surface area contributed by atoms with Crippen LogP contribution in [0.25, 0.3) is 22.3 Å². The second kappa shape index (κ2) is 13.5. The quantitative estimate of drug-likeness (QED) is 0.167. The van der Waals surface area contributed by atoms with Gasteiger partial charge in [-0.3, -0.25) is 0 Å². The molecule has 7 aromatic carbocycles. The van der Waals surface area contributed by atoms with Crippen molar-refractivity contribution < 1.29 is 0 Å². The van der Waals surface area contributed by atoms with Gasteiger partial charge in [-0.1, -0.05) is 120 Å². The van der Waals surface area contributed by atoms with E-state index in [0.29, 0.717) is 0 Å². The number of para-hydroxylation sites is 2. The zero-order valence-electron chi connectivity index (χ0n) is 28.1. The first-order valence-corrected chi connectivity index (χ1v) is 16.6. The van der Waals surface area contributed by atoms with Crippen molar-refractivity contribution in [2.45, 2.75) is 27.7 Å². The van der Waals surface area contributed by atoms with Crippen molar-refractivity contribution in [3.63, 3.8) is 0 Å². The van der Waals surface area contributed by atoms with Gasteiger partial charge in [0.2, 0.25) is 0 Å². The van der Waals surface area contributed by atoms with Gasteiger partial charge in [0, 0.05) is 34.1 Å². The topological polar surface area (TPSA) is 6.48 Å². The maximum absolute atomic E-state index is 2.34. The van der Waals surface area contributed by atoms with Gasteiger partial charge < -0.3 is 9.80 Å². The predicted molar refractivity (Wildman–Crippen MR) is 206 cm³/mol. The fourth-order valence-electron chi connectivity index (χ4n) is 6.58. The Balaban J connectivity index is 1.14. The average molecular weight is 621 g/mol. The lowest BCUT2D eigenvalue weighted by atomic mass is 9.99. The summed E-state index contributed by atoms with van der Waals surface area (Å²) in [5, 5.41) is 0. The number of hydrogen-bond acceptors (Lipinski definition) is 2. The molecule has 0 saturated heterocycles. The predicted octanol–water partition coefficient (Wildman–Crippen LogP) is 13.2. The van der Waals surface area contributed by atoms with Crippen LogP contribution < -0.4 is 9.80 Å². The van der Waals surface area contributed by atoms with Crippen LogP contribution in [0.3, 0.4) is 0 Å². The van der Waals surface area contributed by atoms with Crippen LogP contribution in [0.5, 0.6) is 0 Å². The maximum atomic E-state index is 2.34. The third-order valence-electron chi connectivity index (χ3n) is 9.02. The van der Waals surface area contributed by atoms with E-state index < -0.39 is 0 Å². The molecule has 0 saturated carbocycles. The fourth-order valence-corrected chi connectivity index (χ4v) is 6.58. The average Bonchev–Trinajstić information content (AvgIpc) is 3.12. The van der Waals surface area contributed by atoms with Gasteiger partial charge in [0.25, 0.3) is 0 Å². The van der Waals surface area contributed by atoms with Crippen LogP contribution in [0.15, 0.2) is 170 Å². The molecule has 0 aliphatic rings. The van der Waals surface area contributed by atoms with Gasteiger partial charge in [0.1, 0.15) is 0 Å². The molecule has 0 unspecified atom stereocenters. The van der Waals surface area contributed by atoms with Gasteiger partial charge in [-0.2, -0.15) is 0 Å². The molecule has 2 heteroatoms. The molecule has 0 aliphatic heterocycles. The summed E-state index contributed by atoms with van der Waals surface area (Å²) in [5.74, 6) is 0. The minimum absolute atomic E-state index is 1.14. The summed E-state index contributed by atoms with van der Waals surface area (Å²) >= 11 is 0. The Bertz CT molecular complexity index is 1970. The molecule has 0 N–H and O–H groups in total. The molecule has 7 aromatic rings. The minimum atomic E-state index is 1.14. The third kappa shape index (κ3) is 6.38. The smallest absolute Gasteiger partial charge is 0.0490 e. The van der Waals surface area contributed by atoms with E-state index >= 15 is 0 Å². The highest BCUT2D eigenvalue weighted by Crippen LogP contribution is 2.39. The molecule has 0 spiro atoms. The lowest BCUT2D eigenvalue weighted by Gasteiger charge is -2.27. The van der Waals surface area contributed by atoms with Crippen LogP contribution in [0.4, 0.5) is 34.1 Å². The Morgan fingerprint density at radius 3 is 0.896 bits per heavy atom. The van der Waals surface area contributed by atoms with Gasteiger partial charge in [-0.05, 0) is 122 Å². The molecule has 48 heavy (non-hydrogen) atoms. The third-order valence-corrected chi connectivity index (χ3v) is 9.02. The molecular weight excluding hydrogens is 581 g/mol. The molecule has 0 amide bonds. The Kier molecular flexibility index (Phi) is 8.64. The summed E-state index contributed by atoms with van der Waals surface area (Å²) in [5.41, 5.74) is 16.8. The first-order valence-electron chi connectivity index (χ1n) is 16.6. The fraction of sp³-hybridized carbons (Fsp3) is 0.0870. The van der Waals surface area contributed by atoms with E-state index in [1.807, 2.05) is 0 Å². The summed E-state index contributed by atoms with van der Waals surface area (Å²) in [4.78, 5) is 4.68. The molecule has 0 radical (unpaired) electrons. The van der Waals surface area contributed by atoms with E-state index in [4.69, 9.17) is 0 Å². The van der Waals surface area contributed by atoms with Gasteiger partial charge in [-0.15, -0.1) is 0 Å². The zero-order valence-corrected chi connectivity index (χ0v) is 28.1. The number of rotatable bonds is 8. The largest absolute Gasteiger partial charge is 0.310 e. The Hall–Kier alpha value is -5.86. The summed E-state index contributed by atoms with van der Waals surface area (Å²) in [6.07, 6.45) is 0. The highest BCUT2D eigenvalue weighted by atomic mass is 15.1. The molecule has 0 aliphatic carbocycles. The highest BCUT2D eigenvalue weighted by molar-refractivity contribution is 5.82. The van der Waals surface area contributed by atoms with Crippen molar-refractivity contribution in [2.75, 3.05) is 9.80 Å². The number of benzene rings is 7. The van der Waals surface area contributed by atoms with Crippen LogP contribution in [-0.2, 0) is 0 Å². The Morgan fingerprint density at radius 1 is 0.292 bits per heavy atom. The maximum Gasteiger partial charge on any atom is 0.0490 e. The summed E-state index contributed by atoms with van der Waals surface area (Å²) in [6, 6.07) is 61.2. The first-order chi connectivity index (χ1) is 23.4. The van der Waals surface area contributed by atoms with E-state index in [1.165, 1.54) is 55.9 Å². The van der Waals surface area contributed by atoms with E-state index in [-0.39, 0.29) is 0 Å². The zero-order chi connectivity index (χ0) is 33.0. The Labute approximate surface area is 285 Å². The van der Waals surface area contributed by atoms with E-state index in [1.54, 1.807) is 0 Å². The number of nitrogens with zero attached hydrogens (tertiary/aromatic N) is 2. The van der Waals surface area contributed by atoms with Gasteiger partial charge in [0.05, 0.1) is 0 Å². The van der Waals surface area contributed by atoms with Crippen molar-refractivity contribution in [1.29, 1.82) is 0 Å².